The summed E-state index contributed by atoms with van der Waals surface area (Å²) >= 11 is 0. The van der Waals surface area contributed by atoms with Crippen LogP contribution in [0.25, 0.3) is 0 Å². The van der Waals surface area contributed by atoms with Gasteiger partial charge >= 0.3 is 5.97 Å². The minimum Gasteiger partial charge on any atom is -0.481 e. The molecule has 7 heteroatoms. The van der Waals surface area contributed by atoms with Gasteiger partial charge in [-0.1, -0.05) is 48.5 Å². The third-order valence-corrected chi connectivity index (χ3v) is 6.58. The standard InChI is InChI=1S/C28H25N3O4/c32-24-16-20(18-7-2-1-3-8-18)15-22-27(24)28(19-9-6-14-29-17-19)31(25(33)12-13-26(34)35)23-11-5-4-10-21(23)30-22/h1-11,14,17,20,28,30H,12-13,15-16H2,(H,34,35)/t20-,28+/m0/s1. The van der Waals surface area contributed by atoms with Crippen molar-refractivity contribution in [1.29, 1.82) is 0 Å². The summed E-state index contributed by atoms with van der Waals surface area (Å²) in [5, 5.41) is 12.7. The first kappa shape index (κ1) is 22.5. The molecule has 2 atom stereocenters. The smallest absolute Gasteiger partial charge is 0.303 e. The predicted molar refractivity (Wildman–Crippen MR) is 132 cm³/mol. The Morgan fingerprint density at radius 2 is 1.69 bits per heavy atom. The highest BCUT2D eigenvalue weighted by atomic mass is 16.4. The largest absolute Gasteiger partial charge is 0.481 e. The number of ketones is 1. The lowest BCUT2D eigenvalue weighted by Gasteiger charge is -2.35. The summed E-state index contributed by atoms with van der Waals surface area (Å²) in [7, 11) is 0. The van der Waals surface area contributed by atoms with Gasteiger partial charge in [-0.3, -0.25) is 24.3 Å². The monoisotopic (exact) mass is 467 g/mol. The molecule has 3 aromatic rings. The van der Waals surface area contributed by atoms with Gasteiger partial charge in [0, 0.05) is 36.5 Å². The number of allylic oxidation sites excluding steroid dienone is 1. The van der Waals surface area contributed by atoms with Gasteiger partial charge in [0.2, 0.25) is 5.91 Å². The van der Waals surface area contributed by atoms with Crippen LogP contribution in [0.5, 0.6) is 0 Å². The number of nitrogens with zero attached hydrogens (tertiary/aromatic N) is 2. The van der Waals surface area contributed by atoms with Crippen LogP contribution in [0.15, 0.2) is 90.4 Å². The van der Waals surface area contributed by atoms with Crippen molar-refractivity contribution in [3.05, 3.63) is 102 Å². The zero-order valence-electron chi connectivity index (χ0n) is 19.1. The van der Waals surface area contributed by atoms with Gasteiger partial charge in [-0.2, -0.15) is 0 Å². The molecule has 35 heavy (non-hydrogen) atoms. The molecule has 2 N–H and O–H groups in total. The molecule has 0 radical (unpaired) electrons. The van der Waals surface area contributed by atoms with E-state index in [1.54, 1.807) is 23.4 Å². The lowest BCUT2D eigenvalue weighted by molar-refractivity contribution is -0.138. The number of amides is 1. The highest BCUT2D eigenvalue weighted by molar-refractivity contribution is 6.06. The van der Waals surface area contributed by atoms with Gasteiger partial charge < -0.3 is 10.4 Å². The Balaban J connectivity index is 1.67. The van der Waals surface area contributed by atoms with Crippen LogP contribution in [0.1, 0.15) is 48.8 Å². The lowest BCUT2D eigenvalue weighted by Crippen LogP contribution is -2.38. The summed E-state index contributed by atoms with van der Waals surface area (Å²) in [5.74, 6) is -1.42. The van der Waals surface area contributed by atoms with Crippen molar-refractivity contribution < 1.29 is 19.5 Å². The van der Waals surface area contributed by atoms with Gasteiger partial charge in [0.25, 0.3) is 0 Å². The number of pyridine rings is 1. The number of aromatic nitrogens is 1. The molecule has 2 heterocycles. The molecule has 0 bridgehead atoms. The van der Waals surface area contributed by atoms with Crippen molar-refractivity contribution in [3.63, 3.8) is 0 Å². The SMILES string of the molecule is O=C(O)CCC(=O)N1c2ccccc2NC2=C(C(=O)C[C@@H](c3ccccc3)C2)[C@H]1c1cccnc1. The van der Waals surface area contributed by atoms with E-state index in [2.05, 4.69) is 10.3 Å². The number of carboxylic acid groups (broad SMARTS) is 1. The Hall–Kier alpha value is -4.26. The van der Waals surface area contributed by atoms with Crippen LogP contribution in [-0.2, 0) is 14.4 Å². The number of carboxylic acids is 1. The minimum atomic E-state index is -1.04. The number of fused-ring (bicyclic) bond motifs is 1. The number of para-hydroxylation sites is 2. The van der Waals surface area contributed by atoms with Crippen molar-refractivity contribution in [2.24, 2.45) is 0 Å². The molecule has 0 saturated carbocycles. The summed E-state index contributed by atoms with van der Waals surface area (Å²) in [6.07, 6.45) is 3.79. The number of benzene rings is 2. The number of rotatable bonds is 5. The molecule has 1 aromatic heterocycles. The molecule has 1 aliphatic carbocycles. The second-order valence-corrected chi connectivity index (χ2v) is 8.82. The van der Waals surface area contributed by atoms with Crippen LogP contribution in [0.2, 0.25) is 0 Å². The summed E-state index contributed by atoms with van der Waals surface area (Å²) in [6, 6.07) is 20.3. The van der Waals surface area contributed by atoms with E-state index < -0.39 is 12.0 Å². The molecule has 2 aliphatic rings. The highest BCUT2D eigenvalue weighted by Crippen LogP contribution is 2.47. The third-order valence-electron chi connectivity index (χ3n) is 6.58. The quantitative estimate of drug-likeness (QED) is 0.557. The number of carbonyl (C=O) groups excluding carboxylic acids is 2. The Labute approximate surface area is 203 Å². The van der Waals surface area contributed by atoms with Crippen LogP contribution < -0.4 is 10.2 Å². The van der Waals surface area contributed by atoms with E-state index >= 15 is 0 Å². The van der Waals surface area contributed by atoms with Gasteiger partial charge in [0.1, 0.15) is 0 Å². The first-order valence-electron chi connectivity index (χ1n) is 11.6. The van der Waals surface area contributed by atoms with Crippen LogP contribution >= 0.6 is 0 Å². The van der Waals surface area contributed by atoms with E-state index in [4.69, 9.17) is 0 Å². The number of Topliss-reactive ketones (excluding diaryl/α,β-unsaturated/α-hetero) is 1. The molecule has 0 fully saturated rings. The van der Waals surface area contributed by atoms with Crippen molar-refractivity contribution in [2.45, 2.75) is 37.6 Å². The van der Waals surface area contributed by atoms with Crippen LogP contribution in [0.4, 0.5) is 11.4 Å². The maximum Gasteiger partial charge on any atom is 0.303 e. The number of aliphatic carboxylic acids is 1. The zero-order chi connectivity index (χ0) is 24.4. The topological polar surface area (TPSA) is 99.6 Å². The molecular weight excluding hydrogens is 442 g/mol. The molecule has 1 aliphatic heterocycles. The molecule has 0 spiro atoms. The van der Waals surface area contributed by atoms with Crippen molar-refractivity contribution in [3.8, 4) is 0 Å². The van der Waals surface area contributed by atoms with E-state index in [1.807, 2.05) is 60.7 Å². The lowest BCUT2D eigenvalue weighted by atomic mass is 9.78. The van der Waals surface area contributed by atoms with Crippen LogP contribution in [-0.4, -0.2) is 27.8 Å². The van der Waals surface area contributed by atoms with Gasteiger partial charge in [0.05, 0.1) is 23.8 Å². The van der Waals surface area contributed by atoms with Gasteiger partial charge in [-0.15, -0.1) is 0 Å². The molecule has 0 unspecified atom stereocenters. The van der Waals surface area contributed by atoms with Gasteiger partial charge in [-0.05, 0) is 41.7 Å². The van der Waals surface area contributed by atoms with Crippen LogP contribution in [0, 0.1) is 0 Å². The Kier molecular flexibility index (Phi) is 6.14. The molecule has 0 saturated heterocycles. The van der Waals surface area contributed by atoms with E-state index in [1.165, 1.54) is 0 Å². The highest BCUT2D eigenvalue weighted by Gasteiger charge is 2.41. The first-order chi connectivity index (χ1) is 17.0. The Bertz CT molecular complexity index is 1300. The Morgan fingerprint density at radius 3 is 2.43 bits per heavy atom. The first-order valence-corrected chi connectivity index (χ1v) is 11.6. The third kappa shape index (κ3) is 4.45. The number of nitrogens with one attached hydrogen (secondary N) is 1. The average Bonchev–Trinajstić information content (AvgIpc) is 3.03. The van der Waals surface area contributed by atoms with Crippen molar-refractivity contribution in [1.82, 2.24) is 4.98 Å². The molecule has 2 aromatic carbocycles. The number of hydrogen-bond acceptors (Lipinski definition) is 5. The molecule has 176 valence electrons. The van der Waals surface area contributed by atoms with E-state index in [-0.39, 0.29) is 30.4 Å². The average molecular weight is 468 g/mol. The molecule has 5 rings (SSSR count). The van der Waals surface area contributed by atoms with E-state index in [0.717, 1.165) is 11.3 Å². The van der Waals surface area contributed by atoms with Crippen LogP contribution in [0.3, 0.4) is 0 Å². The summed E-state index contributed by atoms with van der Waals surface area (Å²) in [5.41, 5.74) is 4.43. The second-order valence-electron chi connectivity index (χ2n) is 8.82. The normalized spacial score (nSPS) is 19.3. The molecule has 7 nitrogen and oxygen atoms in total. The fraction of sp³-hybridized carbons (Fsp3) is 0.214. The Morgan fingerprint density at radius 1 is 0.943 bits per heavy atom. The number of hydrogen-bond donors (Lipinski definition) is 2. The zero-order valence-corrected chi connectivity index (χ0v) is 19.1. The van der Waals surface area contributed by atoms with Crippen molar-refractivity contribution >= 4 is 29.0 Å². The second kappa shape index (κ2) is 9.54. The maximum atomic E-state index is 13.8. The van der Waals surface area contributed by atoms with E-state index in [0.29, 0.717) is 35.4 Å². The molecule has 1 amide bonds. The molecular formula is C28H25N3O4. The fourth-order valence-corrected chi connectivity index (χ4v) is 5.01. The summed E-state index contributed by atoms with van der Waals surface area (Å²) in [4.78, 5) is 44.4. The summed E-state index contributed by atoms with van der Waals surface area (Å²) < 4.78 is 0. The predicted octanol–water partition coefficient (Wildman–Crippen LogP) is 4.85. The van der Waals surface area contributed by atoms with Gasteiger partial charge in [-0.25, -0.2) is 0 Å². The fourth-order valence-electron chi connectivity index (χ4n) is 5.01. The number of anilines is 2. The number of carbonyl (C=O) groups is 3. The van der Waals surface area contributed by atoms with Crippen molar-refractivity contribution in [2.75, 3.05) is 10.2 Å². The van der Waals surface area contributed by atoms with E-state index in [9.17, 15) is 19.5 Å². The summed E-state index contributed by atoms with van der Waals surface area (Å²) in [6.45, 7) is 0. The van der Waals surface area contributed by atoms with Gasteiger partial charge in [0.15, 0.2) is 5.78 Å². The minimum absolute atomic E-state index is 0.0194. The maximum absolute atomic E-state index is 13.8.